The molecule has 0 radical (unpaired) electrons. The molecule has 1 fully saturated rings. The molecule has 2 aromatic carbocycles. The van der Waals surface area contributed by atoms with Gasteiger partial charge in [-0.2, -0.15) is 0 Å². The maximum atomic E-state index is 13.3. The minimum atomic E-state index is -3.67. The topological polar surface area (TPSA) is 82.2 Å². The monoisotopic (exact) mass is 446 g/mol. The van der Waals surface area contributed by atoms with Crippen LogP contribution in [0.5, 0.6) is 0 Å². The van der Waals surface area contributed by atoms with Gasteiger partial charge in [0.1, 0.15) is 0 Å². The maximum Gasteiger partial charge on any atom is 0.257 e. The predicted octanol–water partition coefficient (Wildman–Crippen LogP) is 2.40. The van der Waals surface area contributed by atoms with E-state index in [2.05, 4.69) is 5.32 Å². The van der Waals surface area contributed by atoms with Gasteiger partial charge in [0.15, 0.2) is 0 Å². The zero-order valence-corrected chi connectivity index (χ0v) is 19.5. The lowest BCUT2D eigenvalue weighted by atomic mass is 10.1. The Labute approximate surface area is 184 Å². The first kappa shape index (κ1) is 23.1. The number of ether oxygens (including phenoxy) is 1. The fourth-order valence-corrected chi connectivity index (χ4v) is 4.33. The molecule has 0 bridgehead atoms. The summed E-state index contributed by atoms with van der Waals surface area (Å²) < 4.78 is 31.9. The van der Waals surface area contributed by atoms with Gasteiger partial charge in [0, 0.05) is 58.3 Å². The quantitative estimate of drug-likeness (QED) is 0.734. The van der Waals surface area contributed by atoms with Crippen LogP contribution < -0.4 is 15.1 Å². The summed E-state index contributed by atoms with van der Waals surface area (Å²) in [5, 5.41) is 2.96. The van der Waals surface area contributed by atoms with Crippen LogP contribution in [0.15, 0.2) is 41.3 Å². The van der Waals surface area contributed by atoms with Gasteiger partial charge in [0.2, 0.25) is 10.0 Å². The number of nitrogens with zero attached hydrogens (tertiary/aromatic N) is 3. The highest BCUT2D eigenvalue weighted by molar-refractivity contribution is 7.89. The second kappa shape index (κ2) is 9.25. The standard InChI is InChI=1S/C22H30N4O4S/c1-16-14-17(24(2)3)6-8-20(16)23-22(27)19-15-18(31(28,29)25(4)5)7-9-21(19)26-10-12-30-13-11-26/h6-9,14-15H,10-13H2,1-5H3,(H,23,27). The van der Waals surface area contributed by atoms with Crippen LogP contribution in [0.4, 0.5) is 17.1 Å². The number of amides is 1. The number of carbonyl (C=O) groups excluding carboxylic acids is 1. The van der Waals surface area contributed by atoms with Crippen molar-refractivity contribution in [1.82, 2.24) is 4.31 Å². The molecule has 1 N–H and O–H groups in total. The van der Waals surface area contributed by atoms with Crippen LogP contribution in [-0.2, 0) is 14.8 Å². The number of anilines is 3. The van der Waals surface area contributed by atoms with Crippen LogP contribution >= 0.6 is 0 Å². The lowest BCUT2D eigenvalue weighted by molar-refractivity contribution is 0.102. The second-order valence-electron chi connectivity index (χ2n) is 7.91. The highest BCUT2D eigenvalue weighted by atomic mass is 32.2. The molecule has 0 aromatic heterocycles. The number of benzene rings is 2. The van der Waals surface area contributed by atoms with Gasteiger partial charge in [-0.25, -0.2) is 12.7 Å². The van der Waals surface area contributed by atoms with E-state index in [4.69, 9.17) is 4.74 Å². The first-order valence-electron chi connectivity index (χ1n) is 10.1. The fraction of sp³-hybridized carbons (Fsp3) is 0.409. The van der Waals surface area contributed by atoms with Crippen molar-refractivity contribution >= 4 is 33.0 Å². The van der Waals surface area contributed by atoms with E-state index in [0.717, 1.165) is 15.6 Å². The van der Waals surface area contributed by atoms with E-state index in [1.54, 1.807) is 12.1 Å². The molecule has 1 aliphatic heterocycles. The van der Waals surface area contributed by atoms with Crippen LogP contribution in [0.25, 0.3) is 0 Å². The molecular formula is C22H30N4O4S. The number of aryl methyl sites for hydroxylation is 1. The number of rotatable bonds is 6. The summed E-state index contributed by atoms with van der Waals surface area (Å²) in [5.74, 6) is -0.349. The molecule has 8 nitrogen and oxygen atoms in total. The molecule has 1 heterocycles. The van der Waals surface area contributed by atoms with E-state index in [0.29, 0.717) is 43.2 Å². The summed E-state index contributed by atoms with van der Waals surface area (Å²) in [4.78, 5) is 17.4. The summed E-state index contributed by atoms with van der Waals surface area (Å²) in [6.07, 6.45) is 0. The van der Waals surface area contributed by atoms with Gasteiger partial charge in [-0.3, -0.25) is 4.79 Å². The molecule has 1 amide bonds. The van der Waals surface area contributed by atoms with Crippen molar-refractivity contribution in [2.24, 2.45) is 0 Å². The smallest absolute Gasteiger partial charge is 0.257 e. The van der Waals surface area contributed by atoms with Crippen molar-refractivity contribution in [2.75, 3.05) is 69.6 Å². The second-order valence-corrected chi connectivity index (χ2v) is 10.1. The molecule has 168 valence electrons. The Balaban J connectivity index is 2.00. The maximum absolute atomic E-state index is 13.3. The van der Waals surface area contributed by atoms with E-state index in [-0.39, 0.29) is 10.8 Å². The molecule has 0 unspecified atom stereocenters. The Morgan fingerprint density at radius 3 is 2.29 bits per heavy atom. The normalized spacial score (nSPS) is 14.6. The molecule has 0 aliphatic carbocycles. The summed E-state index contributed by atoms with van der Waals surface area (Å²) in [6.45, 7) is 4.32. The Kier molecular flexibility index (Phi) is 6.88. The summed E-state index contributed by atoms with van der Waals surface area (Å²) >= 11 is 0. The molecule has 31 heavy (non-hydrogen) atoms. The van der Waals surface area contributed by atoms with E-state index in [1.165, 1.54) is 20.2 Å². The van der Waals surface area contributed by atoms with E-state index in [9.17, 15) is 13.2 Å². The SMILES string of the molecule is Cc1cc(N(C)C)ccc1NC(=O)c1cc(S(=O)(=O)N(C)C)ccc1N1CCOCC1. The molecule has 0 atom stereocenters. The van der Waals surface area contributed by atoms with E-state index in [1.807, 2.05) is 49.0 Å². The van der Waals surface area contributed by atoms with Gasteiger partial charge in [-0.1, -0.05) is 0 Å². The van der Waals surface area contributed by atoms with Gasteiger partial charge >= 0.3 is 0 Å². The average Bonchev–Trinajstić information content (AvgIpc) is 2.75. The largest absolute Gasteiger partial charge is 0.378 e. The number of morpholine rings is 1. The van der Waals surface area contributed by atoms with Gasteiger partial charge < -0.3 is 19.9 Å². The third-order valence-electron chi connectivity index (χ3n) is 5.32. The number of hydrogen-bond acceptors (Lipinski definition) is 6. The molecule has 1 saturated heterocycles. The Morgan fingerprint density at radius 2 is 1.71 bits per heavy atom. The van der Waals surface area contributed by atoms with Crippen LogP contribution in [0.3, 0.4) is 0 Å². The van der Waals surface area contributed by atoms with Crippen molar-refractivity contribution in [2.45, 2.75) is 11.8 Å². The minimum absolute atomic E-state index is 0.0827. The van der Waals surface area contributed by atoms with Crippen molar-refractivity contribution in [3.63, 3.8) is 0 Å². The Bertz CT molecular complexity index is 1060. The number of carbonyl (C=O) groups is 1. The van der Waals surface area contributed by atoms with Crippen molar-refractivity contribution in [3.8, 4) is 0 Å². The number of hydrogen-bond donors (Lipinski definition) is 1. The molecule has 0 spiro atoms. The van der Waals surface area contributed by atoms with Crippen molar-refractivity contribution in [1.29, 1.82) is 0 Å². The molecule has 9 heteroatoms. The molecule has 0 saturated carbocycles. The third-order valence-corrected chi connectivity index (χ3v) is 7.13. The van der Waals surface area contributed by atoms with Crippen LogP contribution in [0, 0.1) is 6.92 Å². The summed E-state index contributed by atoms with van der Waals surface area (Å²) in [5.41, 5.74) is 3.65. The molecule has 1 aliphatic rings. The van der Waals surface area contributed by atoms with Gasteiger partial charge in [-0.15, -0.1) is 0 Å². The third kappa shape index (κ3) is 5.00. The van der Waals surface area contributed by atoms with Crippen molar-refractivity contribution < 1.29 is 17.9 Å². The summed E-state index contributed by atoms with van der Waals surface area (Å²) in [6, 6.07) is 10.5. The Morgan fingerprint density at radius 1 is 1.03 bits per heavy atom. The average molecular weight is 447 g/mol. The van der Waals surface area contributed by atoms with Gasteiger partial charge in [-0.05, 0) is 48.9 Å². The zero-order valence-electron chi connectivity index (χ0n) is 18.7. The molecule has 3 rings (SSSR count). The first-order chi connectivity index (χ1) is 14.6. The van der Waals surface area contributed by atoms with Crippen LogP contribution in [-0.4, -0.2) is 73.1 Å². The minimum Gasteiger partial charge on any atom is -0.378 e. The van der Waals surface area contributed by atoms with Crippen LogP contribution in [0.2, 0.25) is 0 Å². The number of nitrogens with one attached hydrogen (secondary N) is 1. The van der Waals surface area contributed by atoms with Gasteiger partial charge in [0.05, 0.1) is 23.7 Å². The highest BCUT2D eigenvalue weighted by Gasteiger charge is 2.24. The lowest BCUT2D eigenvalue weighted by Crippen LogP contribution is -2.37. The number of sulfonamides is 1. The first-order valence-corrected chi connectivity index (χ1v) is 11.5. The lowest BCUT2D eigenvalue weighted by Gasteiger charge is -2.30. The highest BCUT2D eigenvalue weighted by Crippen LogP contribution is 2.28. The Hall–Kier alpha value is -2.62. The van der Waals surface area contributed by atoms with Crippen molar-refractivity contribution in [3.05, 3.63) is 47.5 Å². The van der Waals surface area contributed by atoms with E-state index < -0.39 is 10.0 Å². The molecular weight excluding hydrogens is 416 g/mol. The van der Waals surface area contributed by atoms with E-state index >= 15 is 0 Å². The summed E-state index contributed by atoms with van der Waals surface area (Å²) in [7, 11) is 3.19. The van der Waals surface area contributed by atoms with Gasteiger partial charge in [0.25, 0.3) is 5.91 Å². The zero-order chi connectivity index (χ0) is 22.8. The van der Waals surface area contributed by atoms with Crippen LogP contribution in [0.1, 0.15) is 15.9 Å². The fourth-order valence-electron chi connectivity index (χ4n) is 3.40. The predicted molar refractivity (Wildman–Crippen MR) is 124 cm³/mol. The molecule has 2 aromatic rings.